The highest BCUT2D eigenvalue weighted by atomic mass is 35.5. The number of H-pyrrole nitrogens is 1. The number of aryl methyl sites for hydroxylation is 1. The van der Waals surface area contributed by atoms with E-state index in [4.69, 9.17) is 11.6 Å². The van der Waals surface area contributed by atoms with E-state index < -0.39 is 0 Å². The van der Waals surface area contributed by atoms with E-state index in [0.29, 0.717) is 5.02 Å². The van der Waals surface area contributed by atoms with Gasteiger partial charge < -0.3 is 10.3 Å². The molecule has 1 aliphatic rings. The Kier molecular flexibility index (Phi) is 3.25. The van der Waals surface area contributed by atoms with Crippen molar-refractivity contribution in [2.45, 2.75) is 19.3 Å². The van der Waals surface area contributed by atoms with Crippen LogP contribution in [0, 0.1) is 5.92 Å². The van der Waals surface area contributed by atoms with Crippen LogP contribution in [0.1, 0.15) is 17.8 Å². The Hall–Kier alpha value is -1.81. The normalized spacial score (nSPS) is 17.8. The molecule has 2 aromatic rings. The SMILES string of the molecule is O=C(Nc1cccc(Cl)c1)C1CCc2nc[nH]c2C1. The van der Waals surface area contributed by atoms with Crippen LogP contribution in [0.3, 0.4) is 0 Å². The van der Waals surface area contributed by atoms with Gasteiger partial charge in [0.15, 0.2) is 0 Å². The van der Waals surface area contributed by atoms with Gasteiger partial charge in [-0.1, -0.05) is 17.7 Å². The van der Waals surface area contributed by atoms with Crippen molar-refractivity contribution < 1.29 is 4.79 Å². The molecule has 0 saturated carbocycles. The zero-order valence-corrected chi connectivity index (χ0v) is 11.1. The summed E-state index contributed by atoms with van der Waals surface area (Å²) in [6.45, 7) is 0. The average Bonchev–Trinajstić information content (AvgIpc) is 2.85. The molecule has 98 valence electrons. The molecule has 1 aliphatic carbocycles. The van der Waals surface area contributed by atoms with Crippen LogP contribution in [0.25, 0.3) is 0 Å². The second-order valence-corrected chi connectivity index (χ2v) is 5.20. The van der Waals surface area contributed by atoms with Crippen LogP contribution in [0.4, 0.5) is 5.69 Å². The molecule has 0 fully saturated rings. The number of carbonyl (C=O) groups excluding carboxylic acids is 1. The first-order valence-electron chi connectivity index (χ1n) is 6.30. The lowest BCUT2D eigenvalue weighted by Crippen LogP contribution is -2.28. The van der Waals surface area contributed by atoms with E-state index in [9.17, 15) is 4.79 Å². The minimum absolute atomic E-state index is 0.00747. The lowest BCUT2D eigenvalue weighted by atomic mass is 9.89. The van der Waals surface area contributed by atoms with Gasteiger partial charge in [0.2, 0.25) is 5.91 Å². The fraction of sp³-hybridized carbons (Fsp3) is 0.286. The average molecular weight is 276 g/mol. The Morgan fingerprint density at radius 3 is 3.21 bits per heavy atom. The van der Waals surface area contributed by atoms with E-state index in [1.807, 2.05) is 12.1 Å². The molecule has 1 unspecified atom stereocenters. The Labute approximate surface area is 116 Å². The van der Waals surface area contributed by atoms with Crippen molar-refractivity contribution in [2.24, 2.45) is 5.92 Å². The molecular weight excluding hydrogens is 262 g/mol. The van der Waals surface area contributed by atoms with Gasteiger partial charge in [-0.05, 0) is 31.0 Å². The Morgan fingerprint density at radius 2 is 2.37 bits per heavy atom. The molecule has 1 amide bonds. The minimum Gasteiger partial charge on any atom is -0.348 e. The molecule has 0 spiro atoms. The van der Waals surface area contributed by atoms with Gasteiger partial charge in [-0.25, -0.2) is 4.98 Å². The Morgan fingerprint density at radius 1 is 1.47 bits per heavy atom. The first-order chi connectivity index (χ1) is 9.22. The summed E-state index contributed by atoms with van der Waals surface area (Å²) in [6, 6.07) is 7.21. The zero-order chi connectivity index (χ0) is 13.2. The summed E-state index contributed by atoms with van der Waals surface area (Å²) in [5.74, 6) is 0.0365. The number of anilines is 1. The number of carbonyl (C=O) groups is 1. The number of nitrogens with one attached hydrogen (secondary N) is 2. The van der Waals surface area contributed by atoms with E-state index in [1.54, 1.807) is 18.5 Å². The molecule has 0 radical (unpaired) electrons. The number of fused-ring (bicyclic) bond motifs is 1. The number of amides is 1. The summed E-state index contributed by atoms with van der Waals surface area (Å²) < 4.78 is 0. The number of rotatable bonds is 2. The molecule has 1 atom stereocenters. The van der Waals surface area contributed by atoms with Crippen LogP contribution in [-0.4, -0.2) is 15.9 Å². The third kappa shape index (κ3) is 2.63. The predicted molar refractivity (Wildman–Crippen MR) is 74.2 cm³/mol. The standard InChI is InChI=1S/C14H14ClN3O/c15-10-2-1-3-11(7-10)18-14(19)9-4-5-12-13(6-9)17-8-16-12/h1-3,7-9H,4-6H2,(H,16,17)(H,18,19). The summed E-state index contributed by atoms with van der Waals surface area (Å²) in [4.78, 5) is 19.6. The van der Waals surface area contributed by atoms with Crippen LogP contribution in [0.5, 0.6) is 0 Å². The highest BCUT2D eigenvalue weighted by molar-refractivity contribution is 6.30. The van der Waals surface area contributed by atoms with Crippen molar-refractivity contribution in [1.82, 2.24) is 9.97 Å². The van der Waals surface area contributed by atoms with Crippen molar-refractivity contribution in [3.05, 3.63) is 47.0 Å². The Balaban J connectivity index is 1.69. The van der Waals surface area contributed by atoms with Gasteiger partial charge in [-0.15, -0.1) is 0 Å². The number of benzene rings is 1. The van der Waals surface area contributed by atoms with Gasteiger partial charge in [-0.2, -0.15) is 0 Å². The highest BCUT2D eigenvalue weighted by Gasteiger charge is 2.26. The minimum atomic E-state index is -0.00747. The molecule has 19 heavy (non-hydrogen) atoms. The number of nitrogens with zero attached hydrogens (tertiary/aromatic N) is 1. The monoisotopic (exact) mass is 275 g/mol. The van der Waals surface area contributed by atoms with Crippen LogP contribution in [0.2, 0.25) is 5.02 Å². The second-order valence-electron chi connectivity index (χ2n) is 4.77. The smallest absolute Gasteiger partial charge is 0.227 e. The maximum Gasteiger partial charge on any atom is 0.227 e. The molecule has 3 rings (SSSR count). The lowest BCUT2D eigenvalue weighted by molar-refractivity contribution is -0.120. The maximum absolute atomic E-state index is 12.2. The lowest BCUT2D eigenvalue weighted by Gasteiger charge is -2.20. The molecule has 0 aliphatic heterocycles. The molecular formula is C14H14ClN3O. The van der Waals surface area contributed by atoms with E-state index in [-0.39, 0.29) is 11.8 Å². The van der Waals surface area contributed by atoms with Crippen molar-refractivity contribution in [2.75, 3.05) is 5.32 Å². The van der Waals surface area contributed by atoms with Gasteiger partial charge in [-0.3, -0.25) is 4.79 Å². The topological polar surface area (TPSA) is 57.8 Å². The molecule has 1 heterocycles. The number of imidazole rings is 1. The van der Waals surface area contributed by atoms with E-state index in [2.05, 4.69) is 15.3 Å². The van der Waals surface area contributed by atoms with Crippen molar-refractivity contribution in [3.63, 3.8) is 0 Å². The summed E-state index contributed by atoms with van der Waals surface area (Å²) in [6.07, 6.45) is 4.11. The summed E-state index contributed by atoms with van der Waals surface area (Å²) >= 11 is 5.90. The fourth-order valence-electron chi connectivity index (χ4n) is 2.44. The third-order valence-corrected chi connectivity index (χ3v) is 3.69. The summed E-state index contributed by atoms with van der Waals surface area (Å²) in [5, 5.41) is 3.54. The van der Waals surface area contributed by atoms with Gasteiger partial charge in [0.05, 0.1) is 12.0 Å². The van der Waals surface area contributed by atoms with Crippen LogP contribution >= 0.6 is 11.6 Å². The highest BCUT2D eigenvalue weighted by Crippen LogP contribution is 2.24. The molecule has 5 heteroatoms. The number of aromatic nitrogens is 2. The summed E-state index contributed by atoms with van der Waals surface area (Å²) in [5.41, 5.74) is 2.91. The first-order valence-corrected chi connectivity index (χ1v) is 6.68. The molecule has 1 aromatic carbocycles. The van der Waals surface area contributed by atoms with E-state index >= 15 is 0 Å². The van der Waals surface area contributed by atoms with Crippen molar-refractivity contribution >= 4 is 23.2 Å². The quantitative estimate of drug-likeness (QED) is 0.885. The number of hydrogen-bond acceptors (Lipinski definition) is 2. The number of hydrogen-bond donors (Lipinski definition) is 2. The number of halogens is 1. The van der Waals surface area contributed by atoms with Gasteiger partial charge >= 0.3 is 0 Å². The zero-order valence-electron chi connectivity index (χ0n) is 10.3. The van der Waals surface area contributed by atoms with Crippen LogP contribution in [0.15, 0.2) is 30.6 Å². The van der Waals surface area contributed by atoms with E-state index in [1.165, 1.54) is 0 Å². The molecule has 2 N–H and O–H groups in total. The molecule has 0 saturated heterocycles. The van der Waals surface area contributed by atoms with E-state index in [0.717, 1.165) is 36.3 Å². The Bertz CT molecular complexity index is 608. The molecule has 0 bridgehead atoms. The van der Waals surface area contributed by atoms with Gasteiger partial charge in [0, 0.05) is 28.7 Å². The van der Waals surface area contributed by atoms with Crippen LogP contribution in [-0.2, 0) is 17.6 Å². The molecule has 1 aromatic heterocycles. The maximum atomic E-state index is 12.2. The van der Waals surface area contributed by atoms with Gasteiger partial charge in [0.25, 0.3) is 0 Å². The second kappa shape index (κ2) is 5.05. The van der Waals surface area contributed by atoms with Crippen molar-refractivity contribution in [3.8, 4) is 0 Å². The first kappa shape index (κ1) is 12.2. The largest absolute Gasteiger partial charge is 0.348 e. The fourth-order valence-corrected chi connectivity index (χ4v) is 2.63. The third-order valence-electron chi connectivity index (χ3n) is 3.45. The number of aromatic amines is 1. The summed E-state index contributed by atoms with van der Waals surface area (Å²) in [7, 11) is 0. The van der Waals surface area contributed by atoms with Gasteiger partial charge in [0.1, 0.15) is 0 Å². The van der Waals surface area contributed by atoms with Crippen molar-refractivity contribution in [1.29, 1.82) is 0 Å². The molecule has 4 nitrogen and oxygen atoms in total. The predicted octanol–water partition coefficient (Wildman–Crippen LogP) is 2.81. The van der Waals surface area contributed by atoms with Crippen LogP contribution < -0.4 is 5.32 Å².